The Hall–Kier alpha value is -3.38. The van der Waals surface area contributed by atoms with Crippen LogP contribution in [-0.4, -0.2) is 17.9 Å². The quantitative estimate of drug-likeness (QED) is 0.291. The standard InChI is InChI=1S/C22H19ClN2O4/c1-14(25-29-13-15-3-9-18(24-27)10-4-15)19-11-21(26)22(28-2)12-20(19)16-5-7-17(23)8-6-16/h3-12,26H,13H2,1-2H3/b25-14+. The molecule has 6 nitrogen and oxygen atoms in total. The average molecular weight is 411 g/mol. The fourth-order valence-corrected chi connectivity index (χ4v) is 2.93. The number of oxime groups is 1. The largest absolute Gasteiger partial charge is 0.504 e. The van der Waals surface area contributed by atoms with E-state index in [4.69, 9.17) is 21.2 Å². The monoisotopic (exact) mass is 410 g/mol. The van der Waals surface area contributed by atoms with Gasteiger partial charge in [0, 0.05) is 10.6 Å². The summed E-state index contributed by atoms with van der Waals surface area (Å²) in [5, 5.41) is 17.9. The van der Waals surface area contributed by atoms with Crippen LogP contribution >= 0.6 is 11.6 Å². The third-order valence-corrected chi connectivity index (χ3v) is 4.59. The Morgan fingerprint density at radius 1 is 1.07 bits per heavy atom. The maximum Gasteiger partial charge on any atom is 0.161 e. The molecule has 0 saturated heterocycles. The van der Waals surface area contributed by atoms with Gasteiger partial charge in [-0.15, -0.1) is 4.91 Å². The number of benzene rings is 3. The molecule has 0 aliphatic rings. The van der Waals surface area contributed by atoms with Crippen molar-refractivity contribution in [2.75, 3.05) is 7.11 Å². The van der Waals surface area contributed by atoms with Gasteiger partial charge in [0.05, 0.1) is 12.8 Å². The van der Waals surface area contributed by atoms with E-state index in [-0.39, 0.29) is 12.4 Å². The molecular weight excluding hydrogens is 392 g/mol. The highest BCUT2D eigenvalue weighted by molar-refractivity contribution is 6.30. The number of methoxy groups -OCH3 is 1. The van der Waals surface area contributed by atoms with Crippen molar-refractivity contribution in [3.05, 3.63) is 81.7 Å². The second-order valence-corrected chi connectivity index (χ2v) is 6.72. The fraction of sp³-hybridized carbons (Fsp3) is 0.136. The molecule has 0 bridgehead atoms. The molecule has 0 spiro atoms. The van der Waals surface area contributed by atoms with Crippen molar-refractivity contribution in [2.24, 2.45) is 10.3 Å². The maximum absolute atomic E-state index is 10.5. The molecule has 3 aromatic carbocycles. The average Bonchev–Trinajstić information content (AvgIpc) is 2.74. The molecule has 3 rings (SSSR count). The zero-order valence-corrected chi connectivity index (χ0v) is 16.7. The van der Waals surface area contributed by atoms with E-state index in [1.165, 1.54) is 7.11 Å². The van der Waals surface area contributed by atoms with Crippen molar-refractivity contribution in [1.29, 1.82) is 0 Å². The van der Waals surface area contributed by atoms with Crippen LogP contribution in [0.3, 0.4) is 0 Å². The summed E-state index contributed by atoms with van der Waals surface area (Å²) in [7, 11) is 1.50. The van der Waals surface area contributed by atoms with Crippen molar-refractivity contribution in [1.82, 2.24) is 0 Å². The topological polar surface area (TPSA) is 80.5 Å². The van der Waals surface area contributed by atoms with Crippen LogP contribution in [0.25, 0.3) is 11.1 Å². The lowest BCUT2D eigenvalue weighted by molar-refractivity contribution is 0.130. The van der Waals surface area contributed by atoms with Crippen LogP contribution in [-0.2, 0) is 11.4 Å². The first kappa shape index (κ1) is 20.4. The third-order valence-electron chi connectivity index (χ3n) is 4.34. The van der Waals surface area contributed by atoms with Crippen molar-refractivity contribution in [3.63, 3.8) is 0 Å². The Balaban J connectivity index is 1.88. The Morgan fingerprint density at radius 3 is 2.38 bits per heavy atom. The molecule has 1 N–H and O–H groups in total. The molecule has 0 heterocycles. The summed E-state index contributed by atoms with van der Waals surface area (Å²) in [5.41, 5.74) is 4.21. The smallest absolute Gasteiger partial charge is 0.161 e. The molecule has 0 fully saturated rings. The SMILES string of the molecule is COc1cc(-c2ccc(Cl)cc2)c(/C(C)=N/OCc2ccc(N=O)cc2)cc1O. The molecule has 0 aliphatic heterocycles. The van der Waals surface area contributed by atoms with Gasteiger partial charge in [0.25, 0.3) is 0 Å². The van der Waals surface area contributed by atoms with Gasteiger partial charge in [-0.25, -0.2) is 0 Å². The van der Waals surface area contributed by atoms with Crippen LogP contribution in [0.1, 0.15) is 18.1 Å². The molecule has 148 valence electrons. The van der Waals surface area contributed by atoms with Crippen LogP contribution in [0, 0.1) is 4.91 Å². The molecule has 29 heavy (non-hydrogen) atoms. The number of nitrogens with zero attached hydrogens (tertiary/aromatic N) is 2. The highest BCUT2D eigenvalue weighted by atomic mass is 35.5. The molecular formula is C22H19ClN2O4. The van der Waals surface area contributed by atoms with Crippen molar-refractivity contribution in [3.8, 4) is 22.6 Å². The van der Waals surface area contributed by atoms with Gasteiger partial charge in [0.2, 0.25) is 0 Å². The third kappa shape index (κ3) is 4.92. The highest BCUT2D eigenvalue weighted by Crippen LogP contribution is 2.36. The van der Waals surface area contributed by atoms with E-state index in [0.29, 0.717) is 27.7 Å². The minimum absolute atomic E-state index is 0.00622. The summed E-state index contributed by atoms with van der Waals surface area (Å²) >= 11 is 6.00. The highest BCUT2D eigenvalue weighted by Gasteiger charge is 2.14. The van der Waals surface area contributed by atoms with Gasteiger partial charge in [-0.05, 0) is 65.2 Å². The van der Waals surface area contributed by atoms with E-state index < -0.39 is 0 Å². The number of hydrogen-bond donors (Lipinski definition) is 1. The van der Waals surface area contributed by atoms with Crippen molar-refractivity contribution < 1.29 is 14.7 Å². The van der Waals surface area contributed by atoms with E-state index >= 15 is 0 Å². The Labute approximate surface area is 173 Å². The molecule has 0 aliphatic carbocycles. The fourth-order valence-electron chi connectivity index (χ4n) is 2.81. The van der Waals surface area contributed by atoms with E-state index in [1.54, 1.807) is 55.5 Å². The van der Waals surface area contributed by atoms with Crippen LogP contribution in [0.4, 0.5) is 5.69 Å². The molecule has 0 unspecified atom stereocenters. The normalized spacial score (nSPS) is 11.2. The Bertz CT molecular complexity index is 1030. The van der Waals surface area contributed by atoms with E-state index in [0.717, 1.165) is 16.7 Å². The van der Waals surface area contributed by atoms with Crippen LogP contribution in [0.2, 0.25) is 5.02 Å². The first-order valence-corrected chi connectivity index (χ1v) is 9.15. The minimum Gasteiger partial charge on any atom is -0.504 e. The first-order chi connectivity index (χ1) is 14.0. The molecule has 0 atom stereocenters. The van der Waals surface area contributed by atoms with Gasteiger partial charge >= 0.3 is 0 Å². The van der Waals surface area contributed by atoms with Gasteiger partial charge in [-0.3, -0.25) is 0 Å². The summed E-state index contributed by atoms with van der Waals surface area (Å²) < 4.78 is 5.25. The lowest BCUT2D eigenvalue weighted by atomic mass is 9.96. The van der Waals surface area contributed by atoms with Gasteiger partial charge in [-0.2, -0.15) is 0 Å². The molecule has 0 radical (unpaired) electrons. The predicted molar refractivity (Wildman–Crippen MR) is 114 cm³/mol. The second-order valence-electron chi connectivity index (χ2n) is 6.28. The summed E-state index contributed by atoms with van der Waals surface area (Å²) in [5.74, 6) is 0.364. The maximum atomic E-state index is 10.5. The number of ether oxygens (including phenoxy) is 1. The van der Waals surface area contributed by atoms with Gasteiger partial charge in [0.15, 0.2) is 11.5 Å². The first-order valence-electron chi connectivity index (χ1n) is 8.78. The Morgan fingerprint density at radius 2 is 1.76 bits per heavy atom. The van der Waals surface area contributed by atoms with Crippen LogP contribution < -0.4 is 4.74 Å². The number of nitroso groups, excluding NO2 is 1. The van der Waals surface area contributed by atoms with Gasteiger partial charge in [-0.1, -0.05) is 41.0 Å². The summed E-state index contributed by atoms with van der Waals surface area (Å²) in [4.78, 5) is 15.9. The van der Waals surface area contributed by atoms with E-state index in [2.05, 4.69) is 10.3 Å². The lowest BCUT2D eigenvalue weighted by Crippen LogP contribution is -2.01. The lowest BCUT2D eigenvalue weighted by Gasteiger charge is -2.13. The van der Waals surface area contributed by atoms with Gasteiger partial charge in [0.1, 0.15) is 12.3 Å². The van der Waals surface area contributed by atoms with E-state index in [1.807, 2.05) is 12.1 Å². The number of rotatable bonds is 7. The Kier molecular flexibility index (Phi) is 6.46. The number of phenolic OH excluding ortho intramolecular Hbond substituents is 1. The van der Waals surface area contributed by atoms with Crippen LogP contribution in [0.5, 0.6) is 11.5 Å². The summed E-state index contributed by atoms with van der Waals surface area (Å²) in [6.07, 6.45) is 0. The second kappa shape index (κ2) is 9.21. The van der Waals surface area contributed by atoms with Crippen molar-refractivity contribution in [2.45, 2.75) is 13.5 Å². The number of aromatic hydroxyl groups is 1. The summed E-state index contributed by atoms with van der Waals surface area (Å²) in [6, 6.07) is 17.4. The molecule has 7 heteroatoms. The van der Waals surface area contributed by atoms with E-state index in [9.17, 15) is 10.0 Å². The van der Waals surface area contributed by atoms with Crippen molar-refractivity contribution >= 4 is 23.0 Å². The molecule has 0 amide bonds. The predicted octanol–water partition coefficient (Wildman–Crippen LogP) is 6.06. The number of hydrogen-bond acceptors (Lipinski definition) is 6. The molecule has 0 aromatic heterocycles. The molecule has 3 aromatic rings. The number of halogens is 1. The zero-order valence-electron chi connectivity index (χ0n) is 15.9. The number of phenols is 1. The van der Waals surface area contributed by atoms with Crippen LogP contribution in [0.15, 0.2) is 71.0 Å². The zero-order chi connectivity index (χ0) is 20.8. The van der Waals surface area contributed by atoms with Gasteiger partial charge < -0.3 is 14.7 Å². The minimum atomic E-state index is 0.00622. The molecule has 0 saturated carbocycles. The summed E-state index contributed by atoms with van der Waals surface area (Å²) in [6.45, 7) is 2.02.